The van der Waals surface area contributed by atoms with Crippen LogP contribution in [0.5, 0.6) is 0 Å². The number of carbonyl (C=O) groups is 2. The van der Waals surface area contributed by atoms with Crippen molar-refractivity contribution in [3.05, 3.63) is 47.7 Å². The second-order valence-corrected chi connectivity index (χ2v) is 5.31. The zero-order valence-corrected chi connectivity index (χ0v) is 12.8. The third-order valence-electron chi connectivity index (χ3n) is 3.24. The molecule has 0 fully saturated rings. The fraction of sp³-hybridized carbons (Fsp3) is 0.294. The molecule has 0 aliphatic carbocycles. The van der Waals surface area contributed by atoms with Gasteiger partial charge in [-0.2, -0.15) is 0 Å². The zero-order valence-electron chi connectivity index (χ0n) is 12.8. The minimum Gasteiger partial charge on any atom is -0.453 e. The summed E-state index contributed by atoms with van der Waals surface area (Å²) in [7, 11) is 4.01. The van der Waals surface area contributed by atoms with Gasteiger partial charge in [0.15, 0.2) is 12.0 Å². The molecule has 0 atom stereocenters. The summed E-state index contributed by atoms with van der Waals surface area (Å²) >= 11 is 0. The number of nitrogens with zero attached hydrogens (tertiary/aromatic N) is 1. The van der Waals surface area contributed by atoms with Crippen molar-refractivity contribution in [2.45, 2.75) is 6.42 Å². The third kappa shape index (κ3) is 4.30. The number of hydrogen-bond donors (Lipinski definition) is 1. The van der Waals surface area contributed by atoms with E-state index in [9.17, 15) is 9.59 Å². The van der Waals surface area contributed by atoms with Crippen LogP contribution in [0.15, 0.2) is 40.8 Å². The van der Waals surface area contributed by atoms with E-state index in [1.807, 2.05) is 26.2 Å². The molecule has 1 N–H and O–H groups in total. The molecule has 116 valence electrons. The van der Waals surface area contributed by atoms with E-state index in [0.717, 1.165) is 18.5 Å². The van der Waals surface area contributed by atoms with Gasteiger partial charge in [0, 0.05) is 17.7 Å². The fourth-order valence-corrected chi connectivity index (χ4v) is 2.06. The van der Waals surface area contributed by atoms with Crippen molar-refractivity contribution in [1.82, 2.24) is 10.2 Å². The molecule has 0 aliphatic rings. The van der Waals surface area contributed by atoms with Crippen molar-refractivity contribution in [2.24, 2.45) is 0 Å². The minimum absolute atomic E-state index is 0.0849. The first-order valence-electron chi connectivity index (χ1n) is 7.18. The molecule has 0 aliphatic heterocycles. The Morgan fingerprint density at radius 3 is 2.50 bits per heavy atom. The highest BCUT2D eigenvalue weighted by molar-refractivity contribution is 5.94. The fourth-order valence-electron chi connectivity index (χ4n) is 2.06. The molecule has 2 rings (SSSR count). The number of carbonyl (C=O) groups excluding carboxylic acids is 2. The molecule has 0 saturated carbocycles. The van der Waals surface area contributed by atoms with Crippen LogP contribution in [0.25, 0.3) is 11.3 Å². The van der Waals surface area contributed by atoms with Crippen LogP contribution in [-0.4, -0.2) is 44.3 Å². The summed E-state index contributed by atoms with van der Waals surface area (Å²) in [5, 5.41) is 2.89. The lowest BCUT2D eigenvalue weighted by Gasteiger charge is -2.10. The number of benzene rings is 1. The number of rotatable bonds is 7. The Hall–Kier alpha value is -2.40. The number of hydrogen-bond acceptors (Lipinski definition) is 4. The Labute approximate surface area is 129 Å². The van der Waals surface area contributed by atoms with Gasteiger partial charge in [0.2, 0.25) is 0 Å². The van der Waals surface area contributed by atoms with Gasteiger partial charge in [0.25, 0.3) is 5.91 Å². The number of amides is 1. The van der Waals surface area contributed by atoms with Gasteiger partial charge >= 0.3 is 0 Å². The highest BCUT2D eigenvalue weighted by Crippen LogP contribution is 2.21. The van der Waals surface area contributed by atoms with Crippen LogP contribution in [0.2, 0.25) is 0 Å². The van der Waals surface area contributed by atoms with Crippen molar-refractivity contribution in [1.29, 1.82) is 0 Å². The van der Waals surface area contributed by atoms with E-state index < -0.39 is 0 Å². The van der Waals surface area contributed by atoms with Crippen molar-refractivity contribution in [2.75, 3.05) is 27.2 Å². The van der Waals surface area contributed by atoms with Gasteiger partial charge in [0.1, 0.15) is 5.76 Å². The smallest absolute Gasteiger partial charge is 0.251 e. The monoisotopic (exact) mass is 300 g/mol. The normalized spacial score (nSPS) is 10.7. The first-order chi connectivity index (χ1) is 10.6. The summed E-state index contributed by atoms with van der Waals surface area (Å²) in [6.45, 7) is 1.59. The Kier molecular flexibility index (Phi) is 5.49. The van der Waals surface area contributed by atoms with E-state index in [1.165, 1.54) is 0 Å². The maximum Gasteiger partial charge on any atom is 0.251 e. The van der Waals surface area contributed by atoms with Gasteiger partial charge in [-0.05, 0) is 51.3 Å². The summed E-state index contributed by atoms with van der Waals surface area (Å²) in [4.78, 5) is 24.7. The molecule has 5 heteroatoms. The van der Waals surface area contributed by atoms with E-state index in [4.69, 9.17) is 4.42 Å². The highest BCUT2D eigenvalue weighted by Gasteiger charge is 2.07. The van der Waals surface area contributed by atoms with Crippen LogP contribution in [-0.2, 0) is 0 Å². The highest BCUT2D eigenvalue weighted by atomic mass is 16.3. The molecule has 1 amide bonds. The summed E-state index contributed by atoms with van der Waals surface area (Å²) in [6, 6.07) is 10.5. The Morgan fingerprint density at radius 1 is 1.18 bits per heavy atom. The van der Waals surface area contributed by atoms with Crippen molar-refractivity contribution >= 4 is 12.2 Å². The molecule has 1 aromatic heterocycles. The zero-order chi connectivity index (χ0) is 15.9. The molecule has 5 nitrogen and oxygen atoms in total. The second kappa shape index (κ2) is 7.56. The number of nitrogens with one attached hydrogen (secondary N) is 1. The third-order valence-corrected chi connectivity index (χ3v) is 3.24. The topological polar surface area (TPSA) is 62.6 Å². The standard InChI is InChI=1S/C17H20N2O3/c1-19(2)11-3-10-18-17(21)14-6-4-13(5-7-14)16-9-8-15(12-20)22-16/h4-9,12H,3,10-11H2,1-2H3,(H,18,21). The Balaban J connectivity index is 1.93. The maximum absolute atomic E-state index is 12.0. The molecule has 2 aromatic rings. The molecule has 1 heterocycles. The molecule has 0 spiro atoms. The van der Waals surface area contributed by atoms with Gasteiger partial charge in [-0.15, -0.1) is 0 Å². The lowest BCUT2D eigenvalue weighted by molar-refractivity contribution is 0.0952. The summed E-state index contributed by atoms with van der Waals surface area (Å²) in [5.41, 5.74) is 1.44. The van der Waals surface area contributed by atoms with Crippen LogP contribution in [0.1, 0.15) is 27.3 Å². The van der Waals surface area contributed by atoms with Crippen molar-refractivity contribution in [3.63, 3.8) is 0 Å². The van der Waals surface area contributed by atoms with Gasteiger partial charge < -0.3 is 14.6 Å². The van der Waals surface area contributed by atoms with Gasteiger partial charge in [0.05, 0.1) is 0 Å². The van der Waals surface area contributed by atoms with Crippen LogP contribution in [0, 0.1) is 0 Å². The van der Waals surface area contributed by atoms with Crippen molar-refractivity contribution < 1.29 is 14.0 Å². The largest absolute Gasteiger partial charge is 0.453 e. The second-order valence-electron chi connectivity index (χ2n) is 5.31. The van der Waals surface area contributed by atoms with E-state index in [-0.39, 0.29) is 11.7 Å². The molecule has 0 bridgehead atoms. The van der Waals surface area contributed by atoms with Gasteiger partial charge in [-0.1, -0.05) is 12.1 Å². The predicted octanol–water partition coefficient (Wildman–Crippen LogP) is 2.44. The van der Waals surface area contributed by atoms with Crippen LogP contribution in [0.3, 0.4) is 0 Å². The molecule has 0 radical (unpaired) electrons. The first-order valence-corrected chi connectivity index (χ1v) is 7.18. The molecular weight excluding hydrogens is 280 g/mol. The van der Waals surface area contributed by atoms with Gasteiger partial charge in [-0.3, -0.25) is 9.59 Å². The van der Waals surface area contributed by atoms with Crippen LogP contribution in [0.4, 0.5) is 0 Å². The summed E-state index contributed by atoms with van der Waals surface area (Å²) in [6.07, 6.45) is 1.58. The lowest BCUT2D eigenvalue weighted by Crippen LogP contribution is -2.27. The summed E-state index contributed by atoms with van der Waals surface area (Å²) in [5.74, 6) is 0.816. The van der Waals surface area contributed by atoms with E-state index in [0.29, 0.717) is 24.2 Å². The SMILES string of the molecule is CN(C)CCCNC(=O)c1ccc(-c2ccc(C=O)o2)cc1. The lowest BCUT2D eigenvalue weighted by atomic mass is 10.1. The molecule has 22 heavy (non-hydrogen) atoms. The molecule has 1 aromatic carbocycles. The average Bonchev–Trinajstić information content (AvgIpc) is 3.00. The molecular formula is C17H20N2O3. The van der Waals surface area contributed by atoms with Crippen LogP contribution < -0.4 is 5.32 Å². The first kappa shape index (κ1) is 16.0. The Bertz CT molecular complexity index is 630. The number of aldehydes is 1. The number of furan rings is 1. The molecule has 0 saturated heterocycles. The van der Waals surface area contributed by atoms with Crippen molar-refractivity contribution in [3.8, 4) is 11.3 Å². The maximum atomic E-state index is 12.0. The minimum atomic E-state index is -0.0849. The summed E-state index contributed by atoms with van der Waals surface area (Å²) < 4.78 is 5.35. The van der Waals surface area contributed by atoms with Crippen LogP contribution >= 0.6 is 0 Å². The predicted molar refractivity (Wildman–Crippen MR) is 85.0 cm³/mol. The molecule has 0 unspecified atom stereocenters. The van der Waals surface area contributed by atoms with E-state index in [1.54, 1.807) is 24.3 Å². The average molecular weight is 300 g/mol. The van der Waals surface area contributed by atoms with Gasteiger partial charge in [-0.25, -0.2) is 0 Å². The van der Waals surface area contributed by atoms with E-state index in [2.05, 4.69) is 10.2 Å². The quantitative estimate of drug-likeness (QED) is 0.630. The van der Waals surface area contributed by atoms with E-state index >= 15 is 0 Å². The Morgan fingerprint density at radius 2 is 1.91 bits per heavy atom.